The molecule has 104 valence electrons. The fourth-order valence-corrected chi connectivity index (χ4v) is 3.18. The van der Waals surface area contributed by atoms with E-state index in [0.29, 0.717) is 12.5 Å². The molecule has 0 atom stereocenters. The zero-order valence-electron chi connectivity index (χ0n) is 11.2. The standard InChI is InChI=1S/C13H17ClN2O2S/c1-10(2)6-7-16(3)19(17,18)13-8-11(9-15)4-5-12(13)14/h4-5,8,10H,6-7H2,1-3H3. The smallest absolute Gasteiger partial charge is 0.207 e. The minimum atomic E-state index is -3.65. The van der Waals surface area contributed by atoms with Crippen LogP contribution in [0.15, 0.2) is 23.1 Å². The molecule has 0 aliphatic carbocycles. The van der Waals surface area contributed by atoms with Crippen molar-refractivity contribution in [1.29, 1.82) is 5.26 Å². The van der Waals surface area contributed by atoms with Gasteiger partial charge in [0.1, 0.15) is 4.90 Å². The van der Waals surface area contributed by atoms with Crippen molar-refractivity contribution in [3.63, 3.8) is 0 Å². The molecule has 0 aromatic heterocycles. The summed E-state index contributed by atoms with van der Waals surface area (Å²) in [5, 5.41) is 8.97. The van der Waals surface area contributed by atoms with Crippen LogP contribution in [-0.2, 0) is 10.0 Å². The van der Waals surface area contributed by atoms with Gasteiger partial charge in [-0.05, 0) is 30.5 Å². The molecule has 1 aromatic carbocycles. The van der Waals surface area contributed by atoms with Crippen molar-refractivity contribution in [3.05, 3.63) is 28.8 Å². The molecule has 0 radical (unpaired) electrons. The van der Waals surface area contributed by atoms with Crippen LogP contribution < -0.4 is 0 Å². The minimum Gasteiger partial charge on any atom is -0.207 e. The van der Waals surface area contributed by atoms with E-state index in [1.165, 1.54) is 29.6 Å². The van der Waals surface area contributed by atoms with Crippen molar-refractivity contribution in [2.24, 2.45) is 5.92 Å². The Hall–Kier alpha value is -1.09. The number of hydrogen-bond donors (Lipinski definition) is 0. The summed E-state index contributed by atoms with van der Waals surface area (Å²) in [6, 6.07) is 6.15. The molecule has 0 aliphatic rings. The van der Waals surface area contributed by atoms with Crippen molar-refractivity contribution in [2.75, 3.05) is 13.6 Å². The molecule has 6 heteroatoms. The highest BCUT2D eigenvalue weighted by Gasteiger charge is 2.23. The van der Waals surface area contributed by atoms with Gasteiger partial charge in [-0.2, -0.15) is 5.26 Å². The minimum absolute atomic E-state index is 0.0144. The Balaban J connectivity index is 3.10. The largest absolute Gasteiger partial charge is 0.244 e. The van der Waals surface area contributed by atoms with Crippen molar-refractivity contribution < 1.29 is 8.42 Å². The molecule has 0 fully saturated rings. The van der Waals surface area contributed by atoms with E-state index in [-0.39, 0.29) is 15.5 Å². The summed E-state index contributed by atoms with van der Waals surface area (Å²) in [5.41, 5.74) is 0.278. The van der Waals surface area contributed by atoms with Gasteiger partial charge in [-0.3, -0.25) is 0 Å². The molecule has 0 heterocycles. The highest BCUT2D eigenvalue weighted by atomic mass is 35.5. The van der Waals surface area contributed by atoms with E-state index in [2.05, 4.69) is 0 Å². The first-order valence-corrected chi connectivity index (χ1v) is 7.77. The zero-order chi connectivity index (χ0) is 14.6. The van der Waals surface area contributed by atoms with Crippen molar-refractivity contribution in [3.8, 4) is 6.07 Å². The predicted octanol–water partition coefficient (Wildman–Crippen LogP) is 2.88. The molecule has 0 saturated heterocycles. The Morgan fingerprint density at radius 3 is 2.58 bits per heavy atom. The van der Waals surface area contributed by atoms with E-state index >= 15 is 0 Å². The molecule has 19 heavy (non-hydrogen) atoms. The third-order valence-corrected chi connectivity index (χ3v) is 5.11. The van der Waals surface area contributed by atoms with E-state index in [9.17, 15) is 8.42 Å². The molecule has 0 bridgehead atoms. The SMILES string of the molecule is CC(C)CCN(C)S(=O)(=O)c1cc(C#N)ccc1Cl. The van der Waals surface area contributed by atoms with Crippen LogP contribution in [0.5, 0.6) is 0 Å². The maximum Gasteiger partial charge on any atom is 0.244 e. The summed E-state index contributed by atoms with van der Waals surface area (Å²) in [4.78, 5) is -0.0144. The van der Waals surface area contributed by atoms with Crippen molar-refractivity contribution in [2.45, 2.75) is 25.2 Å². The average molecular weight is 301 g/mol. The molecule has 1 rings (SSSR count). The van der Waals surface area contributed by atoms with Crippen LogP contribution in [0, 0.1) is 17.2 Å². The third-order valence-electron chi connectivity index (χ3n) is 2.77. The monoisotopic (exact) mass is 300 g/mol. The van der Waals surface area contributed by atoms with Crippen LogP contribution in [0.1, 0.15) is 25.8 Å². The molecule has 0 saturated carbocycles. The third kappa shape index (κ3) is 3.93. The number of hydrogen-bond acceptors (Lipinski definition) is 3. The molecule has 0 spiro atoms. The highest BCUT2D eigenvalue weighted by Crippen LogP contribution is 2.25. The fourth-order valence-electron chi connectivity index (χ4n) is 1.50. The van der Waals surface area contributed by atoms with Gasteiger partial charge in [-0.25, -0.2) is 12.7 Å². The summed E-state index contributed by atoms with van der Waals surface area (Å²) >= 11 is 5.93. The van der Waals surface area contributed by atoms with Crippen molar-refractivity contribution >= 4 is 21.6 Å². The van der Waals surface area contributed by atoms with E-state index < -0.39 is 10.0 Å². The second-order valence-electron chi connectivity index (χ2n) is 4.77. The lowest BCUT2D eigenvalue weighted by Crippen LogP contribution is -2.29. The van der Waals surface area contributed by atoms with Gasteiger partial charge >= 0.3 is 0 Å². The van der Waals surface area contributed by atoms with Crippen LogP contribution in [-0.4, -0.2) is 26.3 Å². The Kier molecular flexibility index (Phi) is 5.36. The number of nitriles is 1. The number of benzene rings is 1. The van der Waals surface area contributed by atoms with Crippen LogP contribution in [0.4, 0.5) is 0 Å². The lowest BCUT2D eigenvalue weighted by Gasteiger charge is -2.19. The summed E-state index contributed by atoms with van der Waals surface area (Å²) < 4.78 is 26.0. The maximum atomic E-state index is 12.4. The topological polar surface area (TPSA) is 61.2 Å². The number of rotatable bonds is 5. The molecule has 4 nitrogen and oxygen atoms in total. The average Bonchev–Trinajstić information content (AvgIpc) is 2.36. The van der Waals surface area contributed by atoms with Gasteiger partial charge in [0.2, 0.25) is 10.0 Å². The molecular formula is C13H17ClN2O2S. The van der Waals surface area contributed by atoms with Crippen LogP contribution in [0.2, 0.25) is 5.02 Å². The summed E-state index contributed by atoms with van der Waals surface area (Å²) in [6.07, 6.45) is 0.769. The Labute approximate surface area is 119 Å². The Morgan fingerprint density at radius 1 is 1.42 bits per heavy atom. The van der Waals surface area contributed by atoms with E-state index in [1.54, 1.807) is 0 Å². The summed E-state index contributed by atoms with van der Waals surface area (Å²) in [5.74, 6) is 0.415. The van der Waals surface area contributed by atoms with Gasteiger partial charge in [0.05, 0.1) is 16.7 Å². The van der Waals surface area contributed by atoms with Crippen LogP contribution >= 0.6 is 11.6 Å². The number of nitrogens with zero attached hydrogens (tertiary/aromatic N) is 2. The molecule has 1 aromatic rings. The predicted molar refractivity (Wildman–Crippen MR) is 75.4 cm³/mol. The molecule has 0 N–H and O–H groups in total. The first-order valence-electron chi connectivity index (χ1n) is 5.95. The van der Waals surface area contributed by atoms with Gasteiger partial charge in [0.25, 0.3) is 0 Å². The van der Waals surface area contributed by atoms with Gasteiger partial charge in [0, 0.05) is 13.6 Å². The zero-order valence-corrected chi connectivity index (χ0v) is 12.8. The first kappa shape index (κ1) is 16.0. The second kappa shape index (κ2) is 6.38. The lowest BCUT2D eigenvalue weighted by molar-refractivity contribution is 0.428. The first-order chi connectivity index (χ1) is 8.78. The van der Waals surface area contributed by atoms with Crippen LogP contribution in [0.25, 0.3) is 0 Å². The van der Waals surface area contributed by atoms with E-state index in [0.717, 1.165) is 6.42 Å². The highest BCUT2D eigenvalue weighted by molar-refractivity contribution is 7.89. The van der Waals surface area contributed by atoms with Crippen molar-refractivity contribution in [1.82, 2.24) is 4.31 Å². The molecular weight excluding hydrogens is 284 g/mol. The van der Waals surface area contributed by atoms with Gasteiger partial charge in [-0.15, -0.1) is 0 Å². The number of halogens is 1. The Bertz CT molecular complexity index is 591. The Morgan fingerprint density at radius 2 is 2.05 bits per heavy atom. The second-order valence-corrected chi connectivity index (χ2v) is 7.19. The quantitative estimate of drug-likeness (QED) is 0.840. The summed E-state index contributed by atoms with van der Waals surface area (Å²) in [6.45, 7) is 4.49. The van der Waals surface area contributed by atoms with E-state index in [4.69, 9.17) is 16.9 Å². The maximum absolute atomic E-state index is 12.4. The molecule has 0 unspecified atom stereocenters. The lowest BCUT2D eigenvalue weighted by atomic mass is 10.1. The fraction of sp³-hybridized carbons (Fsp3) is 0.462. The molecule has 0 aliphatic heterocycles. The normalized spacial score (nSPS) is 11.8. The molecule has 0 amide bonds. The summed E-state index contributed by atoms with van der Waals surface area (Å²) in [7, 11) is -2.13. The van der Waals surface area contributed by atoms with Gasteiger partial charge in [0.15, 0.2) is 0 Å². The van der Waals surface area contributed by atoms with Crippen LogP contribution in [0.3, 0.4) is 0 Å². The van der Waals surface area contributed by atoms with Gasteiger partial charge in [-0.1, -0.05) is 25.4 Å². The van der Waals surface area contributed by atoms with Gasteiger partial charge < -0.3 is 0 Å². The number of sulfonamides is 1. The van der Waals surface area contributed by atoms with E-state index in [1.807, 2.05) is 19.9 Å².